The van der Waals surface area contributed by atoms with Crippen LogP contribution < -0.4 is 10.0 Å². The molecule has 2 N–H and O–H groups in total. The van der Waals surface area contributed by atoms with E-state index in [9.17, 15) is 18.5 Å². The van der Waals surface area contributed by atoms with Crippen molar-refractivity contribution in [3.63, 3.8) is 0 Å². The molecule has 0 aliphatic carbocycles. The zero-order valence-corrected chi connectivity index (χ0v) is 13.3. The number of nitro groups is 1. The molecule has 0 spiro atoms. The minimum absolute atomic E-state index is 0.0385. The highest BCUT2D eigenvalue weighted by atomic mass is 32.2. The lowest BCUT2D eigenvalue weighted by Gasteiger charge is -2.09. The molecule has 1 atom stereocenters. The first kappa shape index (κ1) is 16.9. The zero-order valence-electron chi connectivity index (χ0n) is 11.7. The molecule has 9 heteroatoms. The predicted molar refractivity (Wildman–Crippen MR) is 79.8 cm³/mol. The van der Waals surface area contributed by atoms with Crippen molar-refractivity contribution in [1.29, 1.82) is 0 Å². The smallest absolute Gasteiger partial charge is 0.304 e. The summed E-state index contributed by atoms with van der Waals surface area (Å²) in [5, 5.41) is 14.0. The Hall–Kier alpha value is -1.19. The summed E-state index contributed by atoms with van der Waals surface area (Å²) in [5.41, 5.74) is -0.208. The molecule has 20 heavy (non-hydrogen) atoms. The summed E-state index contributed by atoms with van der Waals surface area (Å²) < 4.78 is 26.6. The summed E-state index contributed by atoms with van der Waals surface area (Å²) >= 11 is 0.875. The van der Waals surface area contributed by atoms with Gasteiger partial charge in [-0.3, -0.25) is 10.1 Å². The van der Waals surface area contributed by atoms with Crippen LogP contribution in [-0.2, 0) is 10.0 Å². The zero-order chi connectivity index (χ0) is 15.3. The van der Waals surface area contributed by atoms with Gasteiger partial charge < -0.3 is 5.32 Å². The molecule has 0 radical (unpaired) electrons. The van der Waals surface area contributed by atoms with Crippen LogP contribution in [0.5, 0.6) is 0 Å². The van der Waals surface area contributed by atoms with E-state index in [2.05, 4.69) is 10.0 Å². The highest BCUT2D eigenvalue weighted by Crippen LogP contribution is 2.36. The van der Waals surface area contributed by atoms with E-state index in [4.69, 9.17) is 0 Å². The number of rotatable bonds is 8. The Morgan fingerprint density at radius 3 is 2.60 bits per heavy atom. The van der Waals surface area contributed by atoms with Crippen molar-refractivity contribution in [3.8, 4) is 0 Å². The molecule has 7 nitrogen and oxygen atoms in total. The average molecular weight is 321 g/mol. The first-order valence-electron chi connectivity index (χ1n) is 6.33. The van der Waals surface area contributed by atoms with Gasteiger partial charge in [0.05, 0.1) is 4.92 Å². The van der Waals surface area contributed by atoms with Crippen LogP contribution in [0.15, 0.2) is 10.3 Å². The summed E-state index contributed by atoms with van der Waals surface area (Å²) in [6.45, 7) is 6.50. The van der Waals surface area contributed by atoms with E-state index in [1.54, 1.807) is 6.92 Å². The fraction of sp³-hybridized carbons (Fsp3) is 0.636. The molecule has 0 saturated heterocycles. The highest BCUT2D eigenvalue weighted by Gasteiger charge is 2.25. The van der Waals surface area contributed by atoms with Gasteiger partial charge in [-0.25, -0.2) is 13.1 Å². The third-order valence-electron chi connectivity index (χ3n) is 2.81. The van der Waals surface area contributed by atoms with Crippen LogP contribution in [0.25, 0.3) is 0 Å². The Labute approximate surface area is 122 Å². The third-order valence-corrected chi connectivity index (χ3v) is 5.79. The molecule has 1 aromatic heterocycles. The molecule has 0 aliphatic heterocycles. The Balaban J connectivity index is 3.00. The van der Waals surface area contributed by atoms with Crippen LogP contribution in [0.1, 0.15) is 27.2 Å². The number of nitrogens with zero attached hydrogens (tertiary/aromatic N) is 1. The number of nitrogens with one attached hydrogen (secondary N) is 2. The monoisotopic (exact) mass is 321 g/mol. The van der Waals surface area contributed by atoms with Crippen molar-refractivity contribution in [2.45, 2.75) is 31.4 Å². The largest absolute Gasteiger partial charge is 0.372 e. The standard InChI is InChI=1S/C11H19N3O4S2/c1-4-8(3)7-13-20(17,18)10-6-9(14(15)16)11(19-10)12-5-2/h6,8,12-13H,4-5,7H2,1-3H3. The number of thiophene rings is 1. The van der Waals surface area contributed by atoms with Crippen molar-refractivity contribution in [2.75, 3.05) is 18.4 Å². The summed E-state index contributed by atoms with van der Waals surface area (Å²) in [5.74, 6) is 0.216. The molecule has 114 valence electrons. The van der Waals surface area contributed by atoms with Crippen LogP contribution in [0.4, 0.5) is 10.7 Å². The lowest BCUT2D eigenvalue weighted by atomic mass is 10.1. The second-order valence-electron chi connectivity index (χ2n) is 4.43. The SMILES string of the molecule is CCNc1sc(S(=O)(=O)NCC(C)CC)cc1[N+](=O)[O-]. The van der Waals surface area contributed by atoms with E-state index < -0.39 is 14.9 Å². The van der Waals surface area contributed by atoms with E-state index in [-0.39, 0.29) is 20.8 Å². The second kappa shape index (κ2) is 7.00. The summed E-state index contributed by atoms with van der Waals surface area (Å²) in [6.07, 6.45) is 0.857. The van der Waals surface area contributed by atoms with Gasteiger partial charge in [0.2, 0.25) is 10.0 Å². The molecule has 1 rings (SSSR count). The second-order valence-corrected chi connectivity index (χ2v) is 7.48. The van der Waals surface area contributed by atoms with Gasteiger partial charge in [-0.2, -0.15) is 0 Å². The summed E-state index contributed by atoms with van der Waals surface area (Å²) in [6, 6.07) is 1.10. The fourth-order valence-electron chi connectivity index (χ4n) is 1.38. The molecular weight excluding hydrogens is 302 g/mol. The van der Waals surface area contributed by atoms with Gasteiger partial charge in [0.15, 0.2) is 5.00 Å². The maximum absolute atomic E-state index is 12.1. The van der Waals surface area contributed by atoms with Crippen LogP contribution in [0.2, 0.25) is 0 Å². The maximum Gasteiger partial charge on any atom is 0.304 e. The molecule has 0 bridgehead atoms. The van der Waals surface area contributed by atoms with Crippen molar-refractivity contribution >= 4 is 32.0 Å². The molecule has 0 aromatic carbocycles. The first-order chi connectivity index (χ1) is 9.31. The molecule has 0 fully saturated rings. The van der Waals surface area contributed by atoms with Gasteiger partial charge in [0.25, 0.3) is 0 Å². The predicted octanol–water partition coefficient (Wildman–Crippen LogP) is 2.41. The lowest BCUT2D eigenvalue weighted by molar-refractivity contribution is -0.383. The van der Waals surface area contributed by atoms with E-state index in [0.717, 1.165) is 23.8 Å². The van der Waals surface area contributed by atoms with Gasteiger partial charge in [-0.05, 0) is 12.8 Å². The van der Waals surface area contributed by atoms with Crippen LogP contribution in [-0.4, -0.2) is 26.4 Å². The minimum Gasteiger partial charge on any atom is -0.372 e. The van der Waals surface area contributed by atoms with Gasteiger partial charge in [0.1, 0.15) is 4.21 Å². The van der Waals surface area contributed by atoms with Crippen molar-refractivity contribution in [3.05, 3.63) is 16.2 Å². The Morgan fingerprint density at radius 1 is 1.45 bits per heavy atom. The Bertz CT molecular complexity index is 568. The number of anilines is 1. The van der Waals surface area contributed by atoms with Gasteiger partial charge in [0, 0.05) is 19.2 Å². The number of sulfonamides is 1. The summed E-state index contributed by atoms with van der Waals surface area (Å²) in [7, 11) is -3.69. The molecule has 0 aliphatic rings. The Kier molecular flexibility index (Phi) is 5.90. The van der Waals surface area contributed by atoms with E-state index in [0.29, 0.717) is 13.1 Å². The van der Waals surface area contributed by atoms with Crippen molar-refractivity contribution in [2.24, 2.45) is 5.92 Å². The number of hydrogen-bond acceptors (Lipinski definition) is 6. The minimum atomic E-state index is -3.69. The van der Waals surface area contributed by atoms with Crippen LogP contribution in [0.3, 0.4) is 0 Å². The van der Waals surface area contributed by atoms with Crippen molar-refractivity contribution < 1.29 is 13.3 Å². The van der Waals surface area contributed by atoms with E-state index in [1.807, 2.05) is 13.8 Å². The molecule has 1 heterocycles. The summed E-state index contributed by atoms with van der Waals surface area (Å²) in [4.78, 5) is 10.3. The maximum atomic E-state index is 12.1. The molecule has 0 saturated carbocycles. The molecule has 1 aromatic rings. The Morgan fingerprint density at radius 2 is 2.10 bits per heavy atom. The average Bonchev–Trinajstić information content (AvgIpc) is 2.81. The topological polar surface area (TPSA) is 101 Å². The quantitative estimate of drug-likeness (QED) is 0.565. The van der Waals surface area contributed by atoms with Gasteiger partial charge >= 0.3 is 5.69 Å². The lowest BCUT2D eigenvalue weighted by Crippen LogP contribution is -2.27. The molecule has 0 amide bonds. The van der Waals surface area contributed by atoms with Crippen molar-refractivity contribution in [1.82, 2.24) is 4.72 Å². The van der Waals surface area contributed by atoms with Crippen LogP contribution in [0, 0.1) is 16.0 Å². The van der Waals surface area contributed by atoms with Crippen LogP contribution >= 0.6 is 11.3 Å². The van der Waals surface area contributed by atoms with Gasteiger partial charge in [-0.1, -0.05) is 31.6 Å². The molecular formula is C11H19N3O4S2. The first-order valence-corrected chi connectivity index (χ1v) is 8.63. The van der Waals surface area contributed by atoms with E-state index in [1.165, 1.54) is 0 Å². The fourth-order valence-corrected chi connectivity index (χ4v) is 3.99. The number of hydrogen-bond donors (Lipinski definition) is 2. The van der Waals surface area contributed by atoms with E-state index >= 15 is 0 Å². The molecule has 1 unspecified atom stereocenters. The normalized spacial score (nSPS) is 13.2. The van der Waals surface area contributed by atoms with Gasteiger partial charge in [-0.15, -0.1) is 0 Å². The highest BCUT2D eigenvalue weighted by molar-refractivity contribution is 7.91. The third kappa shape index (κ3) is 4.15.